The third kappa shape index (κ3) is 2.83. The smallest absolute Gasteiger partial charge is 0.263 e. The molecule has 0 spiro atoms. The van der Waals surface area contributed by atoms with Gasteiger partial charge < -0.3 is 5.73 Å². The molecule has 0 atom stereocenters. The van der Waals surface area contributed by atoms with Crippen LogP contribution >= 0.6 is 11.6 Å². The van der Waals surface area contributed by atoms with E-state index in [1.54, 1.807) is 37.3 Å². The molecule has 0 saturated carbocycles. The number of sulfonamides is 1. The summed E-state index contributed by atoms with van der Waals surface area (Å²) >= 11 is 5.90. The molecule has 0 aliphatic carbocycles. The van der Waals surface area contributed by atoms with Crippen molar-refractivity contribution < 1.29 is 8.42 Å². The Hall–Kier alpha value is -1.72. The highest BCUT2D eigenvalue weighted by molar-refractivity contribution is 7.92. The van der Waals surface area contributed by atoms with Crippen LogP contribution in [0.25, 0.3) is 0 Å². The zero-order chi connectivity index (χ0) is 14.0. The summed E-state index contributed by atoms with van der Waals surface area (Å²) in [6.07, 6.45) is 0. The maximum absolute atomic E-state index is 12.2. The van der Waals surface area contributed by atoms with Crippen molar-refractivity contribution in [2.24, 2.45) is 0 Å². The summed E-state index contributed by atoms with van der Waals surface area (Å²) in [6.45, 7) is 1.75. The topological polar surface area (TPSA) is 72.2 Å². The fourth-order valence-corrected chi connectivity index (χ4v) is 3.27. The number of nitrogen functional groups attached to an aromatic ring is 1. The van der Waals surface area contributed by atoms with Gasteiger partial charge >= 0.3 is 0 Å². The molecule has 0 aromatic heterocycles. The predicted molar refractivity (Wildman–Crippen MR) is 77.9 cm³/mol. The van der Waals surface area contributed by atoms with Crippen LogP contribution < -0.4 is 10.5 Å². The molecule has 2 rings (SSSR count). The number of hydrogen-bond acceptors (Lipinski definition) is 3. The van der Waals surface area contributed by atoms with Gasteiger partial charge in [-0.2, -0.15) is 0 Å². The van der Waals surface area contributed by atoms with Crippen LogP contribution in [-0.2, 0) is 10.0 Å². The van der Waals surface area contributed by atoms with Gasteiger partial charge in [-0.15, -0.1) is 0 Å². The minimum absolute atomic E-state index is 0.0403. The van der Waals surface area contributed by atoms with E-state index in [4.69, 9.17) is 17.3 Å². The van der Waals surface area contributed by atoms with E-state index in [9.17, 15) is 8.42 Å². The predicted octanol–water partition coefficient (Wildman–Crippen LogP) is 3.03. The molecule has 6 heteroatoms. The summed E-state index contributed by atoms with van der Waals surface area (Å²) in [5.74, 6) is 0. The second kappa shape index (κ2) is 5.11. The number of anilines is 2. The molecule has 0 bridgehead atoms. The van der Waals surface area contributed by atoms with E-state index in [2.05, 4.69) is 4.72 Å². The Balaban J connectivity index is 2.43. The average molecular weight is 297 g/mol. The lowest BCUT2D eigenvalue weighted by Crippen LogP contribution is -2.14. The summed E-state index contributed by atoms with van der Waals surface area (Å²) in [6, 6.07) is 11.3. The van der Waals surface area contributed by atoms with Crippen molar-refractivity contribution in [3.05, 3.63) is 53.1 Å². The summed E-state index contributed by atoms with van der Waals surface area (Å²) in [7, 11) is -3.72. The lowest BCUT2D eigenvalue weighted by molar-refractivity contribution is 0.601. The zero-order valence-corrected chi connectivity index (χ0v) is 11.8. The van der Waals surface area contributed by atoms with Crippen molar-refractivity contribution in [1.29, 1.82) is 0 Å². The first-order valence-corrected chi connectivity index (χ1v) is 7.40. The van der Waals surface area contributed by atoms with Crippen LogP contribution in [-0.4, -0.2) is 8.42 Å². The molecule has 4 nitrogen and oxygen atoms in total. The minimum atomic E-state index is -3.72. The molecule has 0 unspecified atom stereocenters. The molecular weight excluding hydrogens is 284 g/mol. The first kappa shape index (κ1) is 13.7. The van der Waals surface area contributed by atoms with Crippen LogP contribution in [0.5, 0.6) is 0 Å². The van der Waals surface area contributed by atoms with Gasteiger partial charge in [-0.3, -0.25) is 4.72 Å². The van der Waals surface area contributed by atoms with Crippen molar-refractivity contribution in [2.45, 2.75) is 11.8 Å². The minimum Gasteiger partial charge on any atom is -0.398 e. The van der Waals surface area contributed by atoms with Gasteiger partial charge in [0.1, 0.15) is 4.90 Å². The van der Waals surface area contributed by atoms with Gasteiger partial charge in [-0.25, -0.2) is 8.42 Å². The first-order chi connectivity index (χ1) is 8.92. The molecule has 0 saturated heterocycles. The Morgan fingerprint density at radius 3 is 2.47 bits per heavy atom. The summed E-state index contributed by atoms with van der Waals surface area (Å²) in [5.41, 5.74) is 7.40. The van der Waals surface area contributed by atoms with Crippen LogP contribution in [0.3, 0.4) is 0 Å². The van der Waals surface area contributed by atoms with E-state index in [1.807, 2.05) is 0 Å². The van der Waals surface area contributed by atoms with Gasteiger partial charge in [-0.1, -0.05) is 29.8 Å². The van der Waals surface area contributed by atoms with Crippen LogP contribution in [0.1, 0.15) is 5.56 Å². The molecule has 19 heavy (non-hydrogen) atoms. The van der Waals surface area contributed by atoms with Crippen molar-refractivity contribution in [3.8, 4) is 0 Å². The molecule has 2 aromatic rings. The van der Waals surface area contributed by atoms with Gasteiger partial charge in [0, 0.05) is 5.69 Å². The van der Waals surface area contributed by atoms with Crippen molar-refractivity contribution in [2.75, 3.05) is 10.5 Å². The van der Waals surface area contributed by atoms with E-state index in [1.165, 1.54) is 12.1 Å². The molecule has 0 heterocycles. The first-order valence-electron chi connectivity index (χ1n) is 5.54. The van der Waals surface area contributed by atoms with E-state index in [-0.39, 0.29) is 9.92 Å². The number of nitrogens with two attached hydrogens (primary N) is 1. The van der Waals surface area contributed by atoms with E-state index >= 15 is 0 Å². The summed E-state index contributed by atoms with van der Waals surface area (Å²) in [5, 5.41) is 0.177. The average Bonchev–Trinajstić information content (AvgIpc) is 2.35. The molecule has 0 amide bonds. The number of nitrogens with one attached hydrogen (secondary N) is 1. The second-order valence-corrected chi connectivity index (χ2v) is 6.11. The SMILES string of the molecule is Cc1c(N)cccc1NS(=O)(=O)c1ccccc1Cl. The third-order valence-corrected chi connectivity index (χ3v) is 4.61. The van der Waals surface area contributed by atoms with E-state index < -0.39 is 10.0 Å². The fraction of sp³-hybridized carbons (Fsp3) is 0.0769. The maximum atomic E-state index is 12.2. The number of benzene rings is 2. The second-order valence-electron chi connectivity index (χ2n) is 4.06. The quantitative estimate of drug-likeness (QED) is 0.855. The normalized spacial score (nSPS) is 11.3. The van der Waals surface area contributed by atoms with Gasteiger partial charge in [0.15, 0.2) is 0 Å². The van der Waals surface area contributed by atoms with Gasteiger partial charge in [0.2, 0.25) is 0 Å². The standard InChI is InChI=1S/C13H13ClN2O2S/c1-9-11(15)6-4-7-12(9)16-19(17,18)13-8-3-2-5-10(13)14/h2-8,16H,15H2,1H3. The number of hydrogen-bond donors (Lipinski definition) is 2. The summed E-state index contributed by atoms with van der Waals surface area (Å²) in [4.78, 5) is 0.0403. The Morgan fingerprint density at radius 1 is 1.11 bits per heavy atom. The third-order valence-electron chi connectivity index (χ3n) is 2.75. The molecule has 0 aliphatic heterocycles. The monoisotopic (exact) mass is 296 g/mol. The van der Waals surface area contributed by atoms with Crippen molar-refractivity contribution in [3.63, 3.8) is 0 Å². The van der Waals surface area contributed by atoms with Crippen LogP contribution in [0.2, 0.25) is 5.02 Å². The molecule has 0 aliphatic rings. The van der Waals surface area contributed by atoms with Gasteiger partial charge in [-0.05, 0) is 36.8 Å². The molecule has 0 fully saturated rings. The highest BCUT2D eigenvalue weighted by Crippen LogP contribution is 2.26. The van der Waals surface area contributed by atoms with Crippen LogP contribution in [0, 0.1) is 6.92 Å². The Kier molecular flexibility index (Phi) is 3.68. The maximum Gasteiger partial charge on any atom is 0.263 e. The van der Waals surface area contributed by atoms with Gasteiger partial charge in [0.05, 0.1) is 10.7 Å². The number of rotatable bonds is 3. The van der Waals surface area contributed by atoms with Crippen LogP contribution in [0.15, 0.2) is 47.4 Å². The van der Waals surface area contributed by atoms with Crippen LogP contribution in [0.4, 0.5) is 11.4 Å². The van der Waals surface area contributed by atoms with Gasteiger partial charge in [0.25, 0.3) is 10.0 Å². The molecule has 3 N–H and O–H groups in total. The lowest BCUT2D eigenvalue weighted by atomic mass is 10.2. The lowest BCUT2D eigenvalue weighted by Gasteiger charge is -2.12. The largest absolute Gasteiger partial charge is 0.398 e. The zero-order valence-electron chi connectivity index (χ0n) is 10.2. The highest BCUT2D eigenvalue weighted by Gasteiger charge is 2.18. The molecule has 100 valence electrons. The molecule has 2 aromatic carbocycles. The molecular formula is C13H13ClN2O2S. The Bertz CT molecular complexity index is 714. The van der Waals surface area contributed by atoms with E-state index in [0.29, 0.717) is 16.9 Å². The molecule has 0 radical (unpaired) electrons. The highest BCUT2D eigenvalue weighted by atomic mass is 35.5. The van der Waals surface area contributed by atoms with Crippen molar-refractivity contribution >= 4 is 33.0 Å². The van der Waals surface area contributed by atoms with E-state index in [0.717, 1.165) is 0 Å². The fourth-order valence-electron chi connectivity index (χ4n) is 1.63. The summed E-state index contributed by atoms with van der Waals surface area (Å²) < 4.78 is 27.0. The van der Waals surface area contributed by atoms with Crippen molar-refractivity contribution in [1.82, 2.24) is 0 Å². The Morgan fingerprint density at radius 2 is 1.79 bits per heavy atom. The Labute approximate surface area is 117 Å². The number of halogens is 1.